The fraction of sp³-hybridized carbons (Fsp3) is 0.609. The number of carbonyl (C=O) groups is 1. The number of halogens is 1. The van der Waals surface area contributed by atoms with Crippen LogP contribution in [0.25, 0.3) is 0 Å². The quantitative estimate of drug-likeness (QED) is 0.651. The number of aryl methyl sites for hydroxylation is 1. The molecule has 2 aliphatic rings. The summed E-state index contributed by atoms with van der Waals surface area (Å²) >= 11 is 6.07. The first-order valence-electron chi connectivity index (χ1n) is 10.3. The van der Waals surface area contributed by atoms with E-state index in [4.69, 9.17) is 11.6 Å². The predicted octanol–water partition coefficient (Wildman–Crippen LogP) is 3.56. The predicted molar refractivity (Wildman–Crippen MR) is 117 cm³/mol. The number of allylic oxidation sites excluding steroid dienone is 1. The largest absolute Gasteiger partial charge is 0.342 e. The standard InChI is InChI=1S/C23H34ClN3O/c1-18(2)10-11-26-13-20-14-27(17-23(20,16-26)15-25(3)4)22(28)9-8-19-6-5-7-21(24)12-19/h5-7,10,12,20H,8-9,11,13-17H2,1-4H3/t20-,23+/m0/s1. The second kappa shape index (κ2) is 8.98. The van der Waals surface area contributed by atoms with Crippen molar-refractivity contribution in [2.45, 2.75) is 26.7 Å². The molecule has 2 fully saturated rings. The van der Waals surface area contributed by atoms with Crippen LogP contribution in [0.3, 0.4) is 0 Å². The van der Waals surface area contributed by atoms with Gasteiger partial charge in [0.15, 0.2) is 0 Å². The fourth-order valence-corrected chi connectivity index (χ4v) is 5.10. The zero-order valence-corrected chi connectivity index (χ0v) is 18.5. The number of benzene rings is 1. The van der Waals surface area contributed by atoms with Crippen molar-refractivity contribution < 1.29 is 4.79 Å². The molecule has 1 amide bonds. The highest BCUT2D eigenvalue weighted by Gasteiger charge is 2.53. The molecule has 0 bridgehead atoms. The zero-order chi connectivity index (χ0) is 20.3. The molecule has 5 heteroatoms. The second-order valence-electron chi connectivity index (χ2n) is 9.18. The number of carbonyl (C=O) groups excluding carboxylic acids is 1. The topological polar surface area (TPSA) is 26.8 Å². The van der Waals surface area contributed by atoms with Crippen molar-refractivity contribution in [2.75, 3.05) is 53.4 Å². The van der Waals surface area contributed by atoms with Gasteiger partial charge < -0.3 is 9.80 Å². The number of hydrogen-bond acceptors (Lipinski definition) is 3. The summed E-state index contributed by atoms with van der Waals surface area (Å²) in [4.78, 5) is 19.9. The van der Waals surface area contributed by atoms with E-state index in [1.807, 2.05) is 24.3 Å². The first-order valence-corrected chi connectivity index (χ1v) is 10.7. The lowest BCUT2D eigenvalue weighted by Crippen LogP contribution is -2.43. The Bertz CT molecular complexity index is 728. The van der Waals surface area contributed by atoms with Crippen molar-refractivity contribution >= 4 is 17.5 Å². The maximum absolute atomic E-state index is 12.9. The summed E-state index contributed by atoms with van der Waals surface area (Å²) in [6.07, 6.45) is 3.64. The van der Waals surface area contributed by atoms with Crippen molar-refractivity contribution in [1.82, 2.24) is 14.7 Å². The molecule has 0 radical (unpaired) electrons. The summed E-state index contributed by atoms with van der Waals surface area (Å²) in [5.74, 6) is 0.846. The number of nitrogens with zero attached hydrogens (tertiary/aromatic N) is 3. The van der Waals surface area contributed by atoms with Gasteiger partial charge in [-0.1, -0.05) is 35.4 Å². The molecule has 2 aliphatic heterocycles. The second-order valence-corrected chi connectivity index (χ2v) is 9.61. The summed E-state index contributed by atoms with van der Waals surface area (Å²) in [6.45, 7) is 10.3. The third-order valence-corrected chi connectivity index (χ3v) is 6.32. The van der Waals surface area contributed by atoms with Crippen LogP contribution in [0.5, 0.6) is 0 Å². The lowest BCUT2D eigenvalue weighted by Gasteiger charge is -2.32. The van der Waals surface area contributed by atoms with E-state index in [0.717, 1.165) is 56.3 Å². The van der Waals surface area contributed by atoms with E-state index in [-0.39, 0.29) is 11.3 Å². The minimum Gasteiger partial charge on any atom is -0.342 e. The third-order valence-electron chi connectivity index (χ3n) is 6.09. The lowest BCUT2D eigenvalue weighted by atomic mass is 9.80. The average Bonchev–Trinajstić information content (AvgIpc) is 3.10. The number of fused-ring (bicyclic) bond motifs is 1. The van der Waals surface area contributed by atoms with E-state index in [1.54, 1.807) is 0 Å². The van der Waals surface area contributed by atoms with Gasteiger partial charge in [-0.3, -0.25) is 9.69 Å². The van der Waals surface area contributed by atoms with E-state index < -0.39 is 0 Å². The van der Waals surface area contributed by atoms with Crippen LogP contribution in [0.4, 0.5) is 0 Å². The van der Waals surface area contributed by atoms with Crippen LogP contribution in [0.1, 0.15) is 25.8 Å². The Balaban J connectivity index is 1.62. The fourth-order valence-electron chi connectivity index (χ4n) is 4.89. The van der Waals surface area contributed by atoms with Gasteiger partial charge in [-0.15, -0.1) is 0 Å². The molecule has 0 unspecified atom stereocenters. The van der Waals surface area contributed by atoms with Gasteiger partial charge in [0.25, 0.3) is 0 Å². The number of rotatable bonds is 7. The summed E-state index contributed by atoms with van der Waals surface area (Å²) in [6, 6.07) is 7.84. The van der Waals surface area contributed by atoms with Crippen molar-refractivity contribution in [3.63, 3.8) is 0 Å². The van der Waals surface area contributed by atoms with Gasteiger partial charge in [-0.2, -0.15) is 0 Å². The molecule has 0 saturated carbocycles. The van der Waals surface area contributed by atoms with Crippen LogP contribution in [-0.4, -0.2) is 74.0 Å². The van der Waals surface area contributed by atoms with Crippen LogP contribution in [0.2, 0.25) is 5.02 Å². The Hall–Kier alpha value is -1.36. The molecule has 2 atom stereocenters. The molecule has 2 saturated heterocycles. The van der Waals surface area contributed by atoms with Crippen LogP contribution in [0.15, 0.2) is 35.9 Å². The lowest BCUT2D eigenvalue weighted by molar-refractivity contribution is -0.130. The smallest absolute Gasteiger partial charge is 0.222 e. The SMILES string of the molecule is CC(C)=CCN1C[C@H]2CN(C(=O)CCc3cccc(Cl)c3)C[C@@]2(CN(C)C)C1. The number of amides is 1. The normalized spacial score (nSPS) is 24.6. The van der Waals surface area contributed by atoms with E-state index in [0.29, 0.717) is 12.3 Å². The van der Waals surface area contributed by atoms with Crippen LogP contribution >= 0.6 is 11.6 Å². The third kappa shape index (κ3) is 5.16. The Labute approximate surface area is 175 Å². The summed E-state index contributed by atoms with van der Waals surface area (Å²) < 4.78 is 0. The number of hydrogen-bond donors (Lipinski definition) is 0. The van der Waals surface area contributed by atoms with Crippen molar-refractivity contribution in [3.05, 3.63) is 46.5 Å². The molecule has 0 spiro atoms. The molecule has 3 rings (SSSR count). The average molecular weight is 404 g/mol. The first-order chi connectivity index (χ1) is 13.3. The molecule has 1 aromatic rings. The van der Waals surface area contributed by atoms with Crippen molar-refractivity contribution in [1.29, 1.82) is 0 Å². The van der Waals surface area contributed by atoms with E-state index in [2.05, 4.69) is 48.7 Å². The highest BCUT2D eigenvalue weighted by molar-refractivity contribution is 6.30. The molecule has 154 valence electrons. The molecule has 2 heterocycles. The molecule has 0 aromatic heterocycles. The Kier molecular flexibility index (Phi) is 6.85. The van der Waals surface area contributed by atoms with Gasteiger partial charge in [-0.25, -0.2) is 0 Å². The maximum Gasteiger partial charge on any atom is 0.222 e. The van der Waals surface area contributed by atoms with Crippen LogP contribution in [-0.2, 0) is 11.2 Å². The van der Waals surface area contributed by atoms with E-state index in [1.165, 1.54) is 5.57 Å². The zero-order valence-electron chi connectivity index (χ0n) is 17.7. The summed E-state index contributed by atoms with van der Waals surface area (Å²) in [5.41, 5.74) is 2.71. The van der Waals surface area contributed by atoms with Gasteiger partial charge >= 0.3 is 0 Å². The molecular formula is C23H34ClN3O. The van der Waals surface area contributed by atoms with Gasteiger partial charge in [0.2, 0.25) is 5.91 Å². The monoisotopic (exact) mass is 403 g/mol. The van der Waals surface area contributed by atoms with E-state index >= 15 is 0 Å². The number of likely N-dealkylation sites (tertiary alicyclic amines) is 2. The van der Waals surface area contributed by atoms with Crippen LogP contribution < -0.4 is 0 Å². The molecular weight excluding hydrogens is 370 g/mol. The minimum absolute atomic E-state index is 0.199. The Morgan fingerprint density at radius 2 is 2.07 bits per heavy atom. The molecule has 1 aromatic carbocycles. The highest BCUT2D eigenvalue weighted by Crippen LogP contribution is 2.43. The first kappa shape index (κ1) is 21.4. The summed E-state index contributed by atoms with van der Waals surface area (Å²) in [7, 11) is 4.29. The van der Waals surface area contributed by atoms with Gasteiger partial charge in [0, 0.05) is 56.1 Å². The van der Waals surface area contributed by atoms with Gasteiger partial charge in [-0.05, 0) is 58.0 Å². The van der Waals surface area contributed by atoms with Crippen molar-refractivity contribution in [3.8, 4) is 0 Å². The highest BCUT2D eigenvalue weighted by atomic mass is 35.5. The minimum atomic E-state index is 0.199. The van der Waals surface area contributed by atoms with Crippen molar-refractivity contribution in [2.24, 2.45) is 11.3 Å². The molecule has 0 N–H and O–H groups in total. The molecule has 0 aliphatic carbocycles. The van der Waals surface area contributed by atoms with Gasteiger partial charge in [0.1, 0.15) is 0 Å². The van der Waals surface area contributed by atoms with E-state index in [9.17, 15) is 4.79 Å². The van der Waals surface area contributed by atoms with Crippen LogP contribution in [0, 0.1) is 11.3 Å². The molecule has 28 heavy (non-hydrogen) atoms. The Morgan fingerprint density at radius 3 is 2.75 bits per heavy atom. The molecule has 4 nitrogen and oxygen atoms in total. The summed E-state index contributed by atoms with van der Waals surface area (Å²) in [5, 5.41) is 0.738. The Morgan fingerprint density at radius 1 is 1.29 bits per heavy atom. The maximum atomic E-state index is 12.9. The van der Waals surface area contributed by atoms with Gasteiger partial charge in [0.05, 0.1) is 0 Å².